The van der Waals surface area contributed by atoms with E-state index in [1.807, 2.05) is 43.3 Å². The number of pyridine rings is 1. The molecule has 2 heterocycles. The van der Waals surface area contributed by atoms with Gasteiger partial charge in [0.15, 0.2) is 0 Å². The quantitative estimate of drug-likeness (QED) is 0.720. The number of nitrogens with one attached hydrogen (secondary N) is 1. The van der Waals surface area contributed by atoms with E-state index >= 15 is 0 Å². The van der Waals surface area contributed by atoms with Crippen molar-refractivity contribution >= 4 is 40.0 Å². The van der Waals surface area contributed by atoms with Crippen LogP contribution in [0.25, 0.3) is 10.9 Å². The van der Waals surface area contributed by atoms with E-state index in [1.165, 1.54) is 0 Å². The second kappa shape index (κ2) is 7.60. The van der Waals surface area contributed by atoms with Crippen molar-refractivity contribution in [2.45, 2.75) is 26.3 Å². The van der Waals surface area contributed by atoms with Crippen LogP contribution in [-0.4, -0.2) is 23.3 Å². The normalized spacial score (nSPS) is 13.9. The summed E-state index contributed by atoms with van der Waals surface area (Å²) in [5.74, 6) is -0.00823. The summed E-state index contributed by atoms with van der Waals surface area (Å²) in [6.45, 7) is 3.00. The number of hydrogen-bond acceptors (Lipinski definition) is 3. The molecule has 2 aromatic carbocycles. The summed E-state index contributed by atoms with van der Waals surface area (Å²) >= 11 is 6.05. The third-order valence-electron chi connectivity index (χ3n) is 4.99. The lowest BCUT2D eigenvalue weighted by atomic mass is 10.1. The minimum absolute atomic E-state index is 0.167. The van der Waals surface area contributed by atoms with Crippen LogP contribution in [0.15, 0.2) is 48.5 Å². The van der Waals surface area contributed by atoms with E-state index in [4.69, 9.17) is 11.6 Å². The van der Waals surface area contributed by atoms with Gasteiger partial charge in [-0.25, -0.2) is 0 Å². The van der Waals surface area contributed by atoms with Crippen molar-refractivity contribution in [1.82, 2.24) is 10.3 Å². The van der Waals surface area contributed by atoms with Crippen LogP contribution in [0.2, 0.25) is 5.02 Å². The SMILES string of the molecule is Cc1nc2ccc(Cl)cc2cc1C(=O)NCc1ccc(N2CCCC2=O)cc1. The van der Waals surface area contributed by atoms with E-state index in [-0.39, 0.29) is 11.8 Å². The maximum Gasteiger partial charge on any atom is 0.253 e. The minimum atomic E-state index is -0.175. The van der Waals surface area contributed by atoms with Crippen LogP contribution in [0.1, 0.15) is 34.5 Å². The van der Waals surface area contributed by atoms with Crippen LogP contribution in [0, 0.1) is 6.92 Å². The highest BCUT2D eigenvalue weighted by Gasteiger charge is 2.21. The number of nitrogens with zero attached hydrogens (tertiary/aromatic N) is 2. The molecule has 3 aromatic rings. The standard InChI is InChI=1S/C22H20ClN3O2/c1-14-19(12-16-11-17(23)6-9-20(16)25-14)22(28)24-13-15-4-7-18(8-5-15)26-10-2-3-21(26)27/h4-9,11-12H,2-3,10,13H2,1H3,(H,24,28). The number of carbonyl (C=O) groups excluding carboxylic acids is 2. The number of carbonyl (C=O) groups is 2. The number of benzene rings is 2. The summed E-state index contributed by atoms with van der Waals surface area (Å²) in [4.78, 5) is 30.8. The summed E-state index contributed by atoms with van der Waals surface area (Å²) in [7, 11) is 0. The number of fused-ring (bicyclic) bond motifs is 1. The fourth-order valence-corrected chi connectivity index (χ4v) is 3.65. The van der Waals surface area contributed by atoms with Crippen molar-refractivity contribution in [3.63, 3.8) is 0 Å². The Hall–Kier alpha value is -2.92. The van der Waals surface area contributed by atoms with Gasteiger partial charge in [0.1, 0.15) is 0 Å². The molecule has 6 heteroatoms. The number of anilines is 1. The van der Waals surface area contributed by atoms with Crippen LogP contribution in [-0.2, 0) is 11.3 Å². The molecule has 2 amide bonds. The molecule has 0 atom stereocenters. The van der Waals surface area contributed by atoms with E-state index in [1.54, 1.807) is 17.0 Å². The van der Waals surface area contributed by atoms with Gasteiger partial charge in [0.2, 0.25) is 5.91 Å². The number of rotatable bonds is 4. The van der Waals surface area contributed by atoms with Gasteiger partial charge in [0.05, 0.1) is 16.8 Å². The first-order valence-corrected chi connectivity index (χ1v) is 9.63. The summed E-state index contributed by atoms with van der Waals surface area (Å²) < 4.78 is 0. The van der Waals surface area contributed by atoms with Gasteiger partial charge in [-0.05, 0) is 55.3 Å². The predicted octanol–water partition coefficient (Wildman–Crippen LogP) is 4.25. The van der Waals surface area contributed by atoms with Crippen LogP contribution in [0.3, 0.4) is 0 Å². The molecule has 1 aliphatic rings. The van der Waals surface area contributed by atoms with Gasteiger partial charge in [-0.15, -0.1) is 0 Å². The monoisotopic (exact) mass is 393 g/mol. The molecular formula is C22H20ClN3O2. The molecule has 0 aliphatic carbocycles. The Bertz CT molecular complexity index is 1060. The molecule has 0 bridgehead atoms. The number of amides is 2. The third-order valence-corrected chi connectivity index (χ3v) is 5.22. The molecule has 1 aliphatic heterocycles. The summed E-state index contributed by atoms with van der Waals surface area (Å²) in [5.41, 5.74) is 3.90. The predicted molar refractivity (Wildman–Crippen MR) is 111 cm³/mol. The van der Waals surface area contributed by atoms with E-state index in [0.717, 1.165) is 35.1 Å². The minimum Gasteiger partial charge on any atom is -0.348 e. The van der Waals surface area contributed by atoms with Gasteiger partial charge in [0.25, 0.3) is 5.91 Å². The van der Waals surface area contributed by atoms with Crippen LogP contribution >= 0.6 is 11.6 Å². The Balaban J connectivity index is 1.46. The number of halogens is 1. The summed E-state index contributed by atoms with van der Waals surface area (Å²) in [5, 5.41) is 4.39. The number of aryl methyl sites for hydroxylation is 1. The molecule has 0 unspecified atom stereocenters. The smallest absolute Gasteiger partial charge is 0.253 e. The Morgan fingerprint density at radius 3 is 2.68 bits per heavy atom. The molecule has 142 valence electrons. The molecular weight excluding hydrogens is 374 g/mol. The average Bonchev–Trinajstić information content (AvgIpc) is 3.12. The molecule has 1 fully saturated rings. The maximum absolute atomic E-state index is 12.6. The number of aromatic nitrogens is 1. The second-order valence-corrected chi connectivity index (χ2v) is 7.39. The fraction of sp³-hybridized carbons (Fsp3) is 0.227. The summed E-state index contributed by atoms with van der Waals surface area (Å²) in [6, 6.07) is 15.0. The molecule has 1 aromatic heterocycles. The van der Waals surface area contributed by atoms with Crippen molar-refractivity contribution in [2.24, 2.45) is 0 Å². The zero-order valence-electron chi connectivity index (χ0n) is 15.5. The van der Waals surface area contributed by atoms with Crippen molar-refractivity contribution < 1.29 is 9.59 Å². The largest absolute Gasteiger partial charge is 0.348 e. The van der Waals surface area contributed by atoms with Gasteiger partial charge in [0, 0.05) is 35.6 Å². The first kappa shape index (κ1) is 18.4. The molecule has 5 nitrogen and oxygen atoms in total. The maximum atomic E-state index is 12.6. The Kier molecular flexibility index (Phi) is 5.01. The highest BCUT2D eigenvalue weighted by molar-refractivity contribution is 6.31. The summed E-state index contributed by atoms with van der Waals surface area (Å²) in [6.07, 6.45) is 1.52. The Morgan fingerprint density at radius 2 is 1.96 bits per heavy atom. The lowest BCUT2D eigenvalue weighted by Gasteiger charge is -2.16. The topological polar surface area (TPSA) is 62.3 Å². The fourth-order valence-electron chi connectivity index (χ4n) is 3.47. The van der Waals surface area contributed by atoms with Gasteiger partial charge in [-0.1, -0.05) is 23.7 Å². The second-order valence-electron chi connectivity index (χ2n) is 6.96. The van der Waals surface area contributed by atoms with Crippen molar-refractivity contribution in [2.75, 3.05) is 11.4 Å². The molecule has 0 radical (unpaired) electrons. The van der Waals surface area contributed by atoms with E-state index in [2.05, 4.69) is 10.3 Å². The number of hydrogen-bond donors (Lipinski definition) is 1. The van der Waals surface area contributed by atoms with Crippen LogP contribution in [0.4, 0.5) is 5.69 Å². The van der Waals surface area contributed by atoms with Gasteiger partial charge in [-0.2, -0.15) is 0 Å². The van der Waals surface area contributed by atoms with E-state index in [9.17, 15) is 9.59 Å². The van der Waals surface area contributed by atoms with Gasteiger partial charge >= 0.3 is 0 Å². The van der Waals surface area contributed by atoms with Crippen molar-refractivity contribution in [3.05, 3.63) is 70.4 Å². The molecule has 1 saturated heterocycles. The highest BCUT2D eigenvalue weighted by atomic mass is 35.5. The third kappa shape index (κ3) is 3.71. The first-order chi connectivity index (χ1) is 13.5. The molecule has 0 saturated carbocycles. The Morgan fingerprint density at radius 1 is 1.18 bits per heavy atom. The van der Waals surface area contributed by atoms with Crippen molar-refractivity contribution in [1.29, 1.82) is 0 Å². The van der Waals surface area contributed by atoms with Crippen molar-refractivity contribution in [3.8, 4) is 0 Å². The van der Waals surface area contributed by atoms with Gasteiger partial charge < -0.3 is 10.2 Å². The van der Waals surface area contributed by atoms with Crippen LogP contribution in [0.5, 0.6) is 0 Å². The van der Waals surface area contributed by atoms with Crippen LogP contribution < -0.4 is 10.2 Å². The molecule has 1 N–H and O–H groups in total. The zero-order valence-corrected chi connectivity index (χ0v) is 16.3. The zero-order chi connectivity index (χ0) is 19.7. The van der Waals surface area contributed by atoms with E-state index in [0.29, 0.717) is 29.2 Å². The lowest BCUT2D eigenvalue weighted by Crippen LogP contribution is -2.25. The van der Waals surface area contributed by atoms with E-state index < -0.39 is 0 Å². The van der Waals surface area contributed by atoms with Gasteiger partial charge in [-0.3, -0.25) is 14.6 Å². The molecule has 28 heavy (non-hydrogen) atoms. The average molecular weight is 394 g/mol. The first-order valence-electron chi connectivity index (χ1n) is 9.26. The Labute approximate surface area is 168 Å². The molecule has 4 rings (SSSR count). The lowest BCUT2D eigenvalue weighted by molar-refractivity contribution is -0.117. The highest BCUT2D eigenvalue weighted by Crippen LogP contribution is 2.22. The molecule has 0 spiro atoms.